The number of carbonyl (C=O) groups is 2. The van der Waals surface area contributed by atoms with Gasteiger partial charge in [-0.2, -0.15) is 0 Å². The third-order valence-corrected chi connectivity index (χ3v) is 3.33. The largest absolute Gasteiger partial charge is 0.479 e. The molecule has 0 aliphatic carbocycles. The van der Waals surface area contributed by atoms with Gasteiger partial charge in [-0.15, -0.1) is 0 Å². The molecule has 1 unspecified atom stereocenters. The van der Waals surface area contributed by atoms with Crippen LogP contribution in [0.3, 0.4) is 0 Å². The van der Waals surface area contributed by atoms with E-state index in [2.05, 4.69) is 5.32 Å². The van der Waals surface area contributed by atoms with Gasteiger partial charge in [-0.05, 0) is 48.5 Å². The predicted octanol–water partition coefficient (Wildman–Crippen LogP) is 2.31. The Balaban J connectivity index is 3.06. The van der Waals surface area contributed by atoms with Crippen LogP contribution in [0.1, 0.15) is 54.9 Å². The number of carbonyl (C=O) groups excluding carboxylic acids is 1. The molecule has 1 amide bonds. The van der Waals surface area contributed by atoms with Crippen molar-refractivity contribution in [1.82, 2.24) is 5.32 Å². The van der Waals surface area contributed by atoms with Gasteiger partial charge in [-0.25, -0.2) is 9.59 Å². The van der Waals surface area contributed by atoms with Crippen LogP contribution in [-0.4, -0.2) is 39.5 Å². The van der Waals surface area contributed by atoms with Crippen LogP contribution in [0.15, 0.2) is 0 Å². The number of carboxylic acids is 1. The van der Waals surface area contributed by atoms with Crippen LogP contribution in [0.4, 0.5) is 4.79 Å². The summed E-state index contributed by atoms with van der Waals surface area (Å²) in [6.07, 6.45) is -0.587. The third-order valence-electron chi connectivity index (χ3n) is 3.33. The summed E-state index contributed by atoms with van der Waals surface area (Å²) in [5.74, 6) is -1.13. The molecule has 20 heavy (non-hydrogen) atoms. The van der Waals surface area contributed by atoms with E-state index in [4.69, 9.17) is 9.47 Å². The second-order valence-corrected chi connectivity index (χ2v) is 7.39. The van der Waals surface area contributed by atoms with Crippen molar-refractivity contribution in [2.75, 3.05) is 0 Å². The number of carboxylic acid groups (broad SMARTS) is 1. The topological polar surface area (TPSA) is 84.9 Å². The zero-order valence-electron chi connectivity index (χ0n) is 13.3. The average molecular weight is 287 g/mol. The van der Waals surface area contributed by atoms with Crippen molar-refractivity contribution in [3.8, 4) is 0 Å². The molecule has 1 fully saturated rings. The Hall–Kier alpha value is -1.30. The van der Waals surface area contributed by atoms with Crippen molar-refractivity contribution in [2.45, 2.75) is 77.2 Å². The predicted molar refractivity (Wildman–Crippen MR) is 73.6 cm³/mol. The third kappa shape index (κ3) is 3.23. The number of hydrogen-bond donors (Lipinski definition) is 2. The highest BCUT2D eigenvalue weighted by Crippen LogP contribution is 2.45. The lowest BCUT2D eigenvalue weighted by Crippen LogP contribution is -2.64. The smallest absolute Gasteiger partial charge is 0.408 e. The van der Waals surface area contributed by atoms with Crippen LogP contribution in [0, 0.1) is 0 Å². The SMILES string of the molecule is CC(C)(C)OC(=O)NC1(C(=O)O)CC(C)(C)OC1(C)C. The zero-order chi connectivity index (χ0) is 16.0. The van der Waals surface area contributed by atoms with Gasteiger partial charge in [0.2, 0.25) is 0 Å². The van der Waals surface area contributed by atoms with Crippen molar-refractivity contribution in [2.24, 2.45) is 0 Å². The maximum atomic E-state index is 12.0. The van der Waals surface area contributed by atoms with Gasteiger partial charge >= 0.3 is 12.1 Å². The first-order valence-corrected chi connectivity index (χ1v) is 6.66. The second-order valence-electron chi connectivity index (χ2n) is 7.39. The molecule has 6 heteroatoms. The minimum Gasteiger partial charge on any atom is -0.479 e. The summed E-state index contributed by atoms with van der Waals surface area (Å²) in [6.45, 7) is 12.1. The van der Waals surface area contributed by atoms with Crippen LogP contribution in [-0.2, 0) is 14.3 Å². The molecular formula is C14H25NO5. The molecule has 0 saturated carbocycles. The summed E-state index contributed by atoms with van der Waals surface area (Å²) in [5.41, 5.74) is -3.89. The highest BCUT2D eigenvalue weighted by Gasteiger charge is 2.63. The molecule has 2 N–H and O–H groups in total. The Labute approximate surface area is 119 Å². The Morgan fingerprint density at radius 2 is 1.70 bits per heavy atom. The first-order chi connectivity index (χ1) is 8.71. The maximum Gasteiger partial charge on any atom is 0.408 e. The van der Waals surface area contributed by atoms with Crippen LogP contribution in [0.25, 0.3) is 0 Å². The van der Waals surface area contributed by atoms with Gasteiger partial charge in [0.05, 0.1) is 11.2 Å². The molecule has 0 radical (unpaired) electrons. The number of aliphatic carboxylic acids is 1. The van der Waals surface area contributed by atoms with Crippen LogP contribution >= 0.6 is 0 Å². The fraction of sp³-hybridized carbons (Fsp3) is 0.857. The van der Waals surface area contributed by atoms with E-state index in [-0.39, 0.29) is 6.42 Å². The number of hydrogen-bond acceptors (Lipinski definition) is 4. The van der Waals surface area contributed by atoms with Gasteiger partial charge in [0.1, 0.15) is 5.60 Å². The van der Waals surface area contributed by atoms with Crippen molar-refractivity contribution >= 4 is 12.1 Å². The fourth-order valence-corrected chi connectivity index (χ4v) is 2.72. The van der Waals surface area contributed by atoms with Crippen molar-refractivity contribution < 1.29 is 24.2 Å². The summed E-state index contributed by atoms with van der Waals surface area (Å²) in [4.78, 5) is 23.7. The van der Waals surface area contributed by atoms with E-state index in [1.807, 2.05) is 0 Å². The van der Waals surface area contributed by atoms with E-state index in [9.17, 15) is 14.7 Å². The summed E-state index contributed by atoms with van der Waals surface area (Å²) in [7, 11) is 0. The first-order valence-electron chi connectivity index (χ1n) is 6.66. The Morgan fingerprint density at radius 1 is 1.20 bits per heavy atom. The number of nitrogens with one attached hydrogen (secondary N) is 1. The molecule has 0 bridgehead atoms. The van der Waals surface area contributed by atoms with E-state index in [1.54, 1.807) is 48.5 Å². The summed E-state index contributed by atoms with van der Waals surface area (Å²) < 4.78 is 11.0. The normalized spacial score (nSPS) is 27.9. The quantitative estimate of drug-likeness (QED) is 0.814. The van der Waals surface area contributed by atoms with Crippen LogP contribution in [0.5, 0.6) is 0 Å². The molecule has 116 valence electrons. The van der Waals surface area contributed by atoms with Crippen molar-refractivity contribution in [1.29, 1.82) is 0 Å². The Kier molecular flexibility index (Phi) is 3.87. The van der Waals surface area contributed by atoms with Gasteiger partial charge in [-0.3, -0.25) is 0 Å². The van der Waals surface area contributed by atoms with E-state index in [1.165, 1.54) is 0 Å². The lowest BCUT2D eigenvalue weighted by Gasteiger charge is -2.36. The standard InChI is InChI=1S/C14H25NO5/c1-11(2,3)19-10(18)15-14(9(16)17)8-12(4,5)20-13(14,6)7/h8H2,1-7H3,(H,15,18)(H,16,17). The summed E-state index contributed by atoms with van der Waals surface area (Å²) in [6, 6.07) is 0. The number of rotatable bonds is 2. The average Bonchev–Trinajstić information content (AvgIpc) is 2.27. The lowest BCUT2D eigenvalue weighted by molar-refractivity contribution is -0.153. The van der Waals surface area contributed by atoms with E-state index >= 15 is 0 Å². The Bertz CT molecular complexity index is 422. The number of amides is 1. The van der Waals surface area contributed by atoms with Crippen LogP contribution < -0.4 is 5.32 Å². The highest BCUT2D eigenvalue weighted by atomic mass is 16.6. The summed E-state index contributed by atoms with van der Waals surface area (Å²) in [5, 5.41) is 12.1. The molecule has 1 aliphatic heterocycles. The second kappa shape index (κ2) is 4.62. The minimum absolute atomic E-state index is 0.168. The maximum absolute atomic E-state index is 12.0. The number of ether oxygens (including phenoxy) is 2. The molecule has 0 aromatic carbocycles. The van der Waals surface area contributed by atoms with Gasteiger partial charge in [0.25, 0.3) is 0 Å². The molecule has 0 aromatic rings. The van der Waals surface area contributed by atoms with Crippen molar-refractivity contribution in [3.63, 3.8) is 0 Å². The van der Waals surface area contributed by atoms with E-state index in [0.717, 1.165) is 0 Å². The Morgan fingerprint density at radius 3 is 2.00 bits per heavy atom. The molecular weight excluding hydrogens is 262 g/mol. The highest BCUT2D eigenvalue weighted by molar-refractivity contribution is 5.86. The number of alkyl carbamates (subject to hydrolysis) is 1. The molecule has 1 rings (SSSR count). The first kappa shape index (κ1) is 16.8. The van der Waals surface area contributed by atoms with Gasteiger partial charge in [0.15, 0.2) is 5.54 Å². The molecule has 6 nitrogen and oxygen atoms in total. The molecule has 1 aliphatic rings. The lowest BCUT2D eigenvalue weighted by atomic mass is 9.79. The van der Waals surface area contributed by atoms with Gasteiger partial charge in [-0.1, -0.05) is 0 Å². The van der Waals surface area contributed by atoms with E-state index < -0.39 is 34.4 Å². The fourth-order valence-electron chi connectivity index (χ4n) is 2.72. The van der Waals surface area contributed by atoms with Gasteiger partial charge < -0.3 is 19.9 Å². The zero-order valence-corrected chi connectivity index (χ0v) is 13.3. The molecule has 1 saturated heterocycles. The minimum atomic E-state index is -1.52. The molecule has 1 heterocycles. The molecule has 1 atom stereocenters. The molecule has 0 spiro atoms. The van der Waals surface area contributed by atoms with Crippen LogP contribution in [0.2, 0.25) is 0 Å². The molecule has 0 aromatic heterocycles. The van der Waals surface area contributed by atoms with Gasteiger partial charge in [0, 0.05) is 6.42 Å². The summed E-state index contributed by atoms with van der Waals surface area (Å²) >= 11 is 0. The van der Waals surface area contributed by atoms with Crippen molar-refractivity contribution in [3.05, 3.63) is 0 Å². The van der Waals surface area contributed by atoms with E-state index in [0.29, 0.717) is 0 Å². The monoisotopic (exact) mass is 287 g/mol.